The first kappa shape index (κ1) is 27.8. The molecule has 0 aliphatic carbocycles. The molecule has 0 bridgehead atoms. The molecule has 1 atom stereocenters. The van der Waals surface area contributed by atoms with Crippen molar-refractivity contribution in [1.29, 1.82) is 0 Å². The number of nitrogens with zero attached hydrogens (tertiary/aromatic N) is 2. The zero-order chi connectivity index (χ0) is 27.0. The number of likely N-dealkylation sites (N-methyl/N-ethyl adjacent to an activating group) is 1. The van der Waals surface area contributed by atoms with Gasteiger partial charge in [0, 0.05) is 13.1 Å². The van der Waals surface area contributed by atoms with Crippen LogP contribution in [0, 0.1) is 11.6 Å². The molecule has 0 aliphatic rings. The molecule has 3 rings (SSSR count). The van der Waals surface area contributed by atoms with Gasteiger partial charge in [0.15, 0.2) is 0 Å². The lowest BCUT2D eigenvalue weighted by Crippen LogP contribution is -2.52. The number of hydrogen-bond donors (Lipinski definition) is 1. The van der Waals surface area contributed by atoms with Crippen molar-refractivity contribution in [1.82, 2.24) is 10.2 Å². The molecule has 0 heterocycles. The van der Waals surface area contributed by atoms with Crippen molar-refractivity contribution in [2.75, 3.05) is 17.4 Å². The van der Waals surface area contributed by atoms with E-state index < -0.39 is 40.2 Å². The molecule has 0 spiro atoms. The summed E-state index contributed by atoms with van der Waals surface area (Å²) in [7, 11) is -4.22. The highest BCUT2D eigenvalue weighted by molar-refractivity contribution is 7.92. The van der Waals surface area contributed by atoms with Gasteiger partial charge in [-0.25, -0.2) is 17.2 Å². The van der Waals surface area contributed by atoms with Crippen LogP contribution in [0.1, 0.15) is 25.8 Å². The van der Waals surface area contributed by atoms with E-state index in [1.807, 2.05) is 0 Å². The normalized spacial score (nSPS) is 12.0. The largest absolute Gasteiger partial charge is 0.355 e. The highest BCUT2D eigenvalue weighted by Crippen LogP contribution is 2.25. The molecule has 1 N–H and O–H groups in total. The molecule has 0 aromatic heterocycles. The van der Waals surface area contributed by atoms with Gasteiger partial charge < -0.3 is 10.2 Å². The molecule has 0 unspecified atom stereocenters. The molecule has 0 aliphatic heterocycles. The monoisotopic (exact) mass is 529 g/mol. The van der Waals surface area contributed by atoms with Crippen LogP contribution in [0.25, 0.3) is 0 Å². The summed E-state index contributed by atoms with van der Waals surface area (Å²) in [5.41, 5.74) is 0.656. The number of benzene rings is 3. The fourth-order valence-corrected chi connectivity index (χ4v) is 5.29. The summed E-state index contributed by atoms with van der Waals surface area (Å²) in [6, 6.07) is 16.9. The highest BCUT2D eigenvalue weighted by atomic mass is 32.2. The third-order valence-corrected chi connectivity index (χ3v) is 7.52. The minimum Gasteiger partial charge on any atom is -0.355 e. The predicted molar refractivity (Wildman–Crippen MR) is 137 cm³/mol. The van der Waals surface area contributed by atoms with E-state index in [1.165, 1.54) is 53.4 Å². The SMILES string of the molecule is CCNC(=O)[C@H](CC)N(Cc1ccc(F)cc1)C(=O)CN(c1ccc(F)cc1)S(=O)(=O)c1ccccc1. The van der Waals surface area contributed by atoms with Crippen LogP contribution >= 0.6 is 0 Å². The van der Waals surface area contributed by atoms with Gasteiger partial charge >= 0.3 is 0 Å². The number of nitrogens with one attached hydrogen (secondary N) is 1. The summed E-state index contributed by atoms with van der Waals surface area (Å²) < 4.78 is 55.2. The first-order valence-corrected chi connectivity index (χ1v) is 13.3. The second-order valence-corrected chi connectivity index (χ2v) is 10.1. The molecule has 2 amide bonds. The van der Waals surface area contributed by atoms with Crippen LogP contribution in [0.15, 0.2) is 83.8 Å². The number of sulfonamides is 1. The molecule has 196 valence electrons. The smallest absolute Gasteiger partial charge is 0.264 e. The van der Waals surface area contributed by atoms with Gasteiger partial charge in [0.25, 0.3) is 10.0 Å². The quantitative estimate of drug-likeness (QED) is 0.405. The Balaban J connectivity index is 2.03. The first-order valence-electron chi connectivity index (χ1n) is 11.8. The van der Waals surface area contributed by atoms with E-state index in [9.17, 15) is 26.8 Å². The van der Waals surface area contributed by atoms with Crippen molar-refractivity contribution in [3.05, 3.63) is 96.1 Å². The maximum atomic E-state index is 13.7. The summed E-state index contributed by atoms with van der Waals surface area (Å²) in [5.74, 6) is -2.05. The van der Waals surface area contributed by atoms with Gasteiger partial charge in [0.1, 0.15) is 24.2 Å². The van der Waals surface area contributed by atoms with Crippen molar-refractivity contribution >= 4 is 27.5 Å². The third kappa shape index (κ3) is 6.91. The van der Waals surface area contributed by atoms with Crippen LogP contribution in [0.2, 0.25) is 0 Å². The second-order valence-electron chi connectivity index (χ2n) is 8.27. The summed E-state index contributed by atoms with van der Waals surface area (Å²) in [6.07, 6.45) is 0.265. The van der Waals surface area contributed by atoms with Crippen molar-refractivity contribution < 1.29 is 26.8 Å². The second kappa shape index (κ2) is 12.4. The van der Waals surface area contributed by atoms with Gasteiger partial charge in [-0.15, -0.1) is 0 Å². The Bertz CT molecular complexity index is 1300. The lowest BCUT2D eigenvalue weighted by molar-refractivity contribution is -0.140. The predicted octanol–water partition coefficient (Wildman–Crippen LogP) is 4.10. The number of halogens is 2. The molecule has 0 saturated heterocycles. The molecule has 0 fully saturated rings. The minimum atomic E-state index is -4.22. The van der Waals surface area contributed by atoms with Crippen molar-refractivity contribution in [2.45, 2.75) is 37.8 Å². The Hall–Kier alpha value is -3.79. The Labute approximate surface area is 215 Å². The summed E-state index contributed by atoms with van der Waals surface area (Å²) in [5, 5.41) is 2.71. The fourth-order valence-electron chi connectivity index (χ4n) is 3.85. The van der Waals surface area contributed by atoms with Gasteiger partial charge in [-0.1, -0.05) is 37.3 Å². The molecule has 10 heteroatoms. The molecule has 3 aromatic carbocycles. The van der Waals surface area contributed by atoms with Crippen molar-refractivity contribution in [3.8, 4) is 0 Å². The summed E-state index contributed by atoms with van der Waals surface area (Å²) >= 11 is 0. The zero-order valence-electron chi connectivity index (χ0n) is 20.6. The Morgan fingerprint density at radius 3 is 1.97 bits per heavy atom. The molecule has 3 aromatic rings. The molecular formula is C27H29F2N3O4S. The summed E-state index contributed by atoms with van der Waals surface area (Å²) in [4.78, 5) is 27.8. The molecule has 0 saturated carbocycles. The molecular weight excluding hydrogens is 500 g/mol. The van der Waals surface area contributed by atoms with Crippen molar-refractivity contribution in [2.24, 2.45) is 0 Å². The topological polar surface area (TPSA) is 86.8 Å². The summed E-state index contributed by atoms with van der Waals surface area (Å²) in [6.45, 7) is 3.15. The minimum absolute atomic E-state index is 0.0442. The van der Waals surface area contributed by atoms with Gasteiger partial charge in [-0.05, 0) is 67.4 Å². The third-order valence-electron chi connectivity index (χ3n) is 5.73. The maximum absolute atomic E-state index is 13.7. The Morgan fingerprint density at radius 1 is 0.865 bits per heavy atom. The van der Waals surface area contributed by atoms with Crippen LogP contribution in [0.4, 0.5) is 14.5 Å². The van der Waals surface area contributed by atoms with E-state index in [1.54, 1.807) is 32.0 Å². The standard InChI is InChI=1S/C27H29F2N3O4S/c1-3-25(27(34)30-4-2)31(18-20-10-12-21(28)13-11-20)26(33)19-32(23-16-14-22(29)15-17-23)37(35,36)24-8-6-5-7-9-24/h5-17,25H,3-4,18-19H2,1-2H3,(H,30,34)/t25-/m0/s1. The van der Waals surface area contributed by atoms with E-state index in [-0.39, 0.29) is 29.5 Å². The van der Waals surface area contributed by atoms with E-state index in [0.717, 1.165) is 16.4 Å². The molecule has 0 radical (unpaired) electrons. The maximum Gasteiger partial charge on any atom is 0.264 e. The van der Waals surface area contributed by atoms with Crippen molar-refractivity contribution in [3.63, 3.8) is 0 Å². The van der Waals surface area contributed by atoms with E-state index in [4.69, 9.17) is 0 Å². The van der Waals surface area contributed by atoms with Crippen LogP contribution in [-0.2, 0) is 26.2 Å². The lowest BCUT2D eigenvalue weighted by Gasteiger charge is -2.33. The average Bonchev–Trinajstić information content (AvgIpc) is 2.89. The van der Waals surface area contributed by atoms with Gasteiger partial charge in [0.2, 0.25) is 11.8 Å². The number of carbonyl (C=O) groups is 2. The molecule has 7 nitrogen and oxygen atoms in total. The number of amides is 2. The Kier molecular flexibility index (Phi) is 9.35. The number of hydrogen-bond acceptors (Lipinski definition) is 4. The van der Waals surface area contributed by atoms with E-state index in [2.05, 4.69) is 5.32 Å². The van der Waals surface area contributed by atoms with Crippen LogP contribution in [-0.4, -0.2) is 44.3 Å². The fraction of sp³-hybridized carbons (Fsp3) is 0.259. The first-order chi connectivity index (χ1) is 17.7. The highest BCUT2D eigenvalue weighted by Gasteiger charge is 2.33. The van der Waals surface area contributed by atoms with Crippen LogP contribution < -0.4 is 9.62 Å². The van der Waals surface area contributed by atoms with Crippen LogP contribution in [0.5, 0.6) is 0 Å². The zero-order valence-corrected chi connectivity index (χ0v) is 21.4. The van der Waals surface area contributed by atoms with Gasteiger partial charge in [-0.3, -0.25) is 13.9 Å². The number of rotatable bonds is 11. The van der Waals surface area contributed by atoms with Crippen LogP contribution in [0.3, 0.4) is 0 Å². The van der Waals surface area contributed by atoms with Gasteiger partial charge in [-0.2, -0.15) is 0 Å². The van der Waals surface area contributed by atoms with E-state index >= 15 is 0 Å². The van der Waals surface area contributed by atoms with E-state index in [0.29, 0.717) is 12.1 Å². The van der Waals surface area contributed by atoms with Gasteiger partial charge in [0.05, 0.1) is 10.6 Å². The molecule has 37 heavy (non-hydrogen) atoms. The average molecular weight is 530 g/mol. The lowest BCUT2D eigenvalue weighted by atomic mass is 10.1. The number of anilines is 1. The number of carbonyl (C=O) groups excluding carboxylic acids is 2. The Morgan fingerprint density at radius 2 is 1.43 bits per heavy atom.